The van der Waals surface area contributed by atoms with Crippen molar-refractivity contribution in [2.45, 2.75) is 13.5 Å². The maximum Gasteiger partial charge on any atom is 0.288 e. The van der Waals surface area contributed by atoms with Gasteiger partial charge in [-0.25, -0.2) is 9.67 Å². The lowest BCUT2D eigenvalue weighted by Gasteiger charge is -2.01. The van der Waals surface area contributed by atoms with Gasteiger partial charge in [0.05, 0.1) is 6.54 Å². The third-order valence-corrected chi connectivity index (χ3v) is 2.06. The lowest BCUT2D eigenvalue weighted by atomic mass is 10.2. The molecule has 2 heterocycles. The number of hydrogen-bond donors (Lipinski definition) is 1. The average Bonchev–Trinajstić information content (AvgIpc) is 2.66. The highest BCUT2D eigenvalue weighted by Crippen LogP contribution is 2.02. The number of carbonyl (C=O) groups excluding carboxylic acids is 1. The number of nitrogens with zero attached hydrogens (tertiary/aromatic N) is 4. The van der Waals surface area contributed by atoms with Gasteiger partial charge in [0.25, 0.3) is 5.91 Å². The highest BCUT2D eigenvalue weighted by Gasteiger charge is 2.06. The predicted molar refractivity (Wildman–Crippen MR) is 56.6 cm³/mol. The smallest absolute Gasteiger partial charge is 0.288 e. The number of amides is 1. The average molecular weight is 217 g/mol. The molecule has 0 fully saturated rings. The van der Waals surface area contributed by atoms with E-state index in [0.717, 1.165) is 11.3 Å². The van der Waals surface area contributed by atoms with E-state index in [1.165, 1.54) is 6.33 Å². The molecule has 2 rings (SSSR count). The number of pyridine rings is 1. The van der Waals surface area contributed by atoms with Crippen molar-refractivity contribution in [3.8, 4) is 0 Å². The molecule has 0 unspecified atom stereocenters. The molecule has 0 aromatic carbocycles. The van der Waals surface area contributed by atoms with E-state index in [1.54, 1.807) is 10.9 Å². The molecule has 0 saturated heterocycles. The fraction of sp³-hybridized carbons (Fsp3) is 0.200. The minimum Gasteiger partial charge on any atom is -0.363 e. The van der Waals surface area contributed by atoms with Crippen molar-refractivity contribution >= 4 is 5.91 Å². The molecule has 6 heteroatoms. The first kappa shape index (κ1) is 10.3. The third-order valence-electron chi connectivity index (χ3n) is 2.06. The molecule has 1 amide bonds. The van der Waals surface area contributed by atoms with Gasteiger partial charge in [0, 0.05) is 11.9 Å². The molecular formula is C10H11N5O. The molecule has 0 spiro atoms. The molecule has 2 aromatic rings. The third kappa shape index (κ3) is 2.22. The molecule has 0 radical (unpaired) electrons. The van der Waals surface area contributed by atoms with Gasteiger partial charge in [-0.1, -0.05) is 0 Å². The van der Waals surface area contributed by atoms with Gasteiger partial charge in [0.2, 0.25) is 5.82 Å². The molecule has 2 aromatic heterocycles. The SMILES string of the molecule is Cc1cc(Cn2cnc(C(N)=O)n2)ccn1. The highest BCUT2D eigenvalue weighted by atomic mass is 16.1. The summed E-state index contributed by atoms with van der Waals surface area (Å²) in [5.74, 6) is -0.588. The zero-order valence-corrected chi connectivity index (χ0v) is 8.79. The van der Waals surface area contributed by atoms with Crippen LogP contribution >= 0.6 is 0 Å². The zero-order valence-electron chi connectivity index (χ0n) is 8.79. The van der Waals surface area contributed by atoms with Crippen LogP contribution in [0, 0.1) is 6.92 Å². The molecule has 0 atom stereocenters. The number of hydrogen-bond acceptors (Lipinski definition) is 4. The van der Waals surface area contributed by atoms with Crippen LogP contribution < -0.4 is 5.73 Å². The summed E-state index contributed by atoms with van der Waals surface area (Å²) in [5, 5.41) is 3.95. The molecule has 2 N–H and O–H groups in total. The molecule has 0 bridgehead atoms. The summed E-state index contributed by atoms with van der Waals surface area (Å²) in [6, 6.07) is 3.84. The Bertz CT molecular complexity index is 519. The summed E-state index contributed by atoms with van der Waals surface area (Å²) in [4.78, 5) is 18.7. The maximum atomic E-state index is 10.8. The Hall–Kier alpha value is -2.24. The van der Waals surface area contributed by atoms with Crippen LogP contribution in [0.2, 0.25) is 0 Å². The number of aromatic nitrogens is 4. The van der Waals surface area contributed by atoms with Crippen LogP contribution in [0.4, 0.5) is 0 Å². The summed E-state index contributed by atoms with van der Waals surface area (Å²) < 4.78 is 1.56. The lowest BCUT2D eigenvalue weighted by molar-refractivity contribution is 0.0990. The minimum absolute atomic E-state index is 0.0331. The first-order chi connectivity index (χ1) is 7.65. The van der Waals surface area contributed by atoms with E-state index in [9.17, 15) is 4.79 Å². The Morgan fingerprint density at radius 3 is 2.94 bits per heavy atom. The van der Waals surface area contributed by atoms with Gasteiger partial charge in [-0.15, -0.1) is 5.10 Å². The Labute approximate surface area is 92.1 Å². The number of primary amides is 1. The fourth-order valence-corrected chi connectivity index (χ4v) is 1.37. The van der Waals surface area contributed by atoms with Crippen molar-refractivity contribution in [1.29, 1.82) is 0 Å². The second kappa shape index (κ2) is 4.09. The van der Waals surface area contributed by atoms with Gasteiger partial charge in [-0.2, -0.15) is 0 Å². The van der Waals surface area contributed by atoms with Crippen LogP contribution in [0.5, 0.6) is 0 Å². The Morgan fingerprint density at radius 2 is 2.31 bits per heavy atom. The lowest BCUT2D eigenvalue weighted by Crippen LogP contribution is -2.13. The largest absolute Gasteiger partial charge is 0.363 e. The van der Waals surface area contributed by atoms with Crippen LogP contribution in [0.3, 0.4) is 0 Å². The highest BCUT2D eigenvalue weighted by molar-refractivity contribution is 5.88. The Kier molecular flexibility index (Phi) is 2.63. The maximum absolute atomic E-state index is 10.8. The van der Waals surface area contributed by atoms with E-state index >= 15 is 0 Å². The van der Waals surface area contributed by atoms with Crippen molar-refractivity contribution in [3.05, 3.63) is 41.7 Å². The molecule has 6 nitrogen and oxygen atoms in total. The number of nitrogens with two attached hydrogens (primary N) is 1. The van der Waals surface area contributed by atoms with Gasteiger partial charge in [0.1, 0.15) is 6.33 Å². The van der Waals surface area contributed by atoms with Crippen LogP contribution in [0.15, 0.2) is 24.7 Å². The summed E-state index contributed by atoms with van der Waals surface area (Å²) >= 11 is 0. The number of aryl methyl sites for hydroxylation is 1. The van der Waals surface area contributed by atoms with E-state index in [2.05, 4.69) is 15.1 Å². The van der Waals surface area contributed by atoms with Gasteiger partial charge in [0.15, 0.2) is 0 Å². The van der Waals surface area contributed by atoms with E-state index in [-0.39, 0.29) is 5.82 Å². The molecule has 0 aliphatic rings. The molecule has 16 heavy (non-hydrogen) atoms. The minimum atomic E-state index is -0.621. The normalized spacial score (nSPS) is 10.3. The standard InChI is InChI=1S/C10H11N5O/c1-7-4-8(2-3-12-7)5-15-6-13-10(14-15)9(11)16/h2-4,6H,5H2,1H3,(H2,11,16). The van der Waals surface area contributed by atoms with Crippen LogP contribution in [0.1, 0.15) is 21.9 Å². The molecule has 0 aliphatic carbocycles. The van der Waals surface area contributed by atoms with Crippen LogP contribution in [-0.2, 0) is 6.54 Å². The monoisotopic (exact) mass is 217 g/mol. The van der Waals surface area contributed by atoms with Gasteiger partial charge in [-0.3, -0.25) is 9.78 Å². The van der Waals surface area contributed by atoms with Crippen LogP contribution in [-0.4, -0.2) is 25.7 Å². The number of rotatable bonds is 3. The predicted octanol–water partition coefficient (Wildman–Crippen LogP) is 0.129. The second-order valence-electron chi connectivity index (χ2n) is 3.44. The van der Waals surface area contributed by atoms with Gasteiger partial charge in [-0.05, 0) is 24.6 Å². The summed E-state index contributed by atoms with van der Waals surface area (Å²) in [6.45, 7) is 2.46. The van der Waals surface area contributed by atoms with E-state index in [4.69, 9.17) is 5.73 Å². The molecule has 0 aliphatic heterocycles. The van der Waals surface area contributed by atoms with E-state index in [1.807, 2.05) is 19.1 Å². The van der Waals surface area contributed by atoms with Crippen molar-refractivity contribution in [2.75, 3.05) is 0 Å². The van der Waals surface area contributed by atoms with Crippen molar-refractivity contribution < 1.29 is 4.79 Å². The fourth-order valence-electron chi connectivity index (χ4n) is 1.37. The zero-order chi connectivity index (χ0) is 11.5. The number of carbonyl (C=O) groups is 1. The van der Waals surface area contributed by atoms with Crippen molar-refractivity contribution in [2.24, 2.45) is 5.73 Å². The molecular weight excluding hydrogens is 206 g/mol. The Balaban J connectivity index is 2.17. The topological polar surface area (TPSA) is 86.7 Å². The summed E-state index contributed by atoms with van der Waals surface area (Å²) in [7, 11) is 0. The second-order valence-corrected chi connectivity index (χ2v) is 3.44. The van der Waals surface area contributed by atoms with Gasteiger partial charge >= 0.3 is 0 Å². The quantitative estimate of drug-likeness (QED) is 0.791. The summed E-state index contributed by atoms with van der Waals surface area (Å²) in [5.41, 5.74) is 7.04. The first-order valence-corrected chi connectivity index (χ1v) is 4.76. The first-order valence-electron chi connectivity index (χ1n) is 4.76. The molecule has 0 saturated carbocycles. The van der Waals surface area contributed by atoms with Crippen molar-refractivity contribution in [1.82, 2.24) is 19.7 Å². The van der Waals surface area contributed by atoms with E-state index < -0.39 is 5.91 Å². The van der Waals surface area contributed by atoms with Crippen LogP contribution in [0.25, 0.3) is 0 Å². The van der Waals surface area contributed by atoms with E-state index in [0.29, 0.717) is 6.54 Å². The molecule has 82 valence electrons. The summed E-state index contributed by atoms with van der Waals surface area (Å²) in [6.07, 6.45) is 3.21. The van der Waals surface area contributed by atoms with Crippen molar-refractivity contribution in [3.63, 3.8) is 0 Å². The Morgan fingerprint density at radius 1 is 1.50 bits per heavy atom. The van der Waals surface area contributed by atoms with Gasteiger partial charge < -0.3 is 5.73 Å².